The predicted molar refractivity (Wildman–Crippen MR) is 109 cm³/mol. The van der Waals surface area contributed by atoms with E-state index >= 15 is 0 Å². The number of aryl methyl sites for hydroxylation is 2. The lowest BCUT2D eigenvalue weighted by Gasteiger charge is -2.17. The standard InChI is InChI=1S/C20H20FN5O2S/c1-10-11(2)24-25-19-15(10)16(22)17(29-19)20(28)26-7-6-14(9-26)23-18(27)12-4-3-5-13(21)8-12/h3-5,8,14H,6-7,9,22H2,1-2H3,(H,23,27). The van der Waals surface area contributed by atoms with Crippen molar-refractivity contribution in [2.75, 3.05) is 18.8 Å². The summed E-state index contributed by atoms with van der Waals surface area (Å²) in [4.78, 5) is 28.1. The van der Waals surface area contributed by atoms with Gasteiger partial charge < -0.3 is 16.0 Å². The van der Waals surface area contributed by atoms with E-state index < -0.39 is 5.82 Å². The van der Waals surface area contributed by atoms with Crippen molar-refractivity contribution in [3.63, 3.8) is 0 Å². The van der Waals surface area contributed by atoms with Crippen molar-refractivity contribution in [2.45, 2.75) is 26.3 Å². The van der Waals surface area contributed by atoms with Crippen LogP contribution in [0.4, 0.5) is 10.1 Å². The molecule has 0 spiro atoms. The van der Waals surface area contributed by atoms with Crippen LogP contribution in [0, 0.1) is 19.7 Å². The Balaban J connectivity index is 1.49. The molecule has 2 amide bonds. The zero-order valence-electron chi connectivity index (χ0n) is 16.0. The van der Waals surface area contributed by atoms with Crippen LogP contribution >= 0.6 is 11.3 Å². The third-order valence-corrected chi connectivity index (χ3v) is 6.30. The van der Waals surface area contributed by atoms with Gasteiger partial charge in [0.05, 0.1) is 11.4 Å². The third-order valence-electron chi connectivity index (χ3n) is 5.23. The molecule has 2 aromatic heterocycles. The molecule has 1 aliphatic rings. The first-order valence-electron chi connectivity index (χ1n) is 9.22. The smallest absolute Gasteiger partial charge is 0.266 e. The number of likely N-dealkylation sites (tertiary alicyclic amines) is 1. The van der Waals surface area contributed by atoms with E-state index in [9.17, 15) is 14.0 Å². The molecule has 3 aromatic rings. The molecule has 3 heterocycles. The first-order chi connectivity index (χ1) is 13.8. The Bertz CT molecular complexity index is 1130. The number of benzene rings is 1. The van der Waals surface area contributed by atoms with Crippen molar-refractivity contribution in [3.8, 4) is 0 Å². The second kappa shape index (κ2) is 7.40. The van der Waals surface area contributed by atoms with Crippen molar-refractivity contribution in [2.24, 2.45) is 0 Å². The highest BCUT2D eigenvalue weighted by Crippen LogP contribution is 2.36. The van der Waals surface area contributed by atoms with Crippen LogP contribution in [0.3, 0.4) is 0 Å². The quantitative estimate of drug-likeness (QED) is 0.687. The van der Waals surface area contributed by atoms with Crippen molar-refractivity contribution < 1.29 is 14.0 Å². The fourth-order valence-corrected chi connectivity index (χ4v) is 4.57. The number of carbonyl (C=O) groups is 2. The number of nitrogens with two attached hydrogens (primary N) is 1. The van der Waals surface area contributed by atoms with Gasteiger partial charge in [-0.05, 0) is 44.0 Å². The molecular weight excluding hydrogens is 393 g/mol. The van der Waals surface area contributed by atoms with Gasteiger partial charge in [0, 0.05) is 30.1 Å². The number of nitrogen functional groups attached to an aromatic ring is 1. The Morgan fingerprint density at radius 1 is 1.31 bits per heavy atom. The van der Waals surface area contributed by atoms with Crippen LogP contribution in [0.1, 0.15) is 37.7 Å². The normalized spacial score (nSPS) is 16.4. The molecule has 1 aliphatic heterocycles. The lowest BCUT2D eigenvalue weighted by molar-refractivity contribution is 0.0788. The van der Waals surface area contributed by atoms with Gasteiger partial charge in [-0.2, -0.15) is 5.10 Å². The second-order valence-electron chi connectivity index (χ2n) is 7.16. The van der Waals surface area contributed by atoms with Gasteiger partial charge >= 0.3 is 0 Å². The van der Waals surface area contributed by atoms with Gasteiger partial charge in [0.25, 0.3) is 11.8 Å². The molecule has 0 aliphatic carbocycles. The van der Waals surface area contributed by atoms with Gasteiger partial charge in [0.1, 0.15) is 15.5 Å². The molecule has 1 unspecified atom stereocenters. The molecular formula is C20H20FN5O2S. The maximum Gasteiger partial charge on any atom is 0.266 e. The van der Waals surface area contributed by atoms with Crippen LogP contribution < -0.4 is 11.1 Å². The molecule has 1 saturated heterocycles. The summed E-state index contributed by atoms with van der Waals surface area (Å²) in [6.07, 6.45) is 0.621. The molecule has 0 radical (unpaired) electrons. The fraction of sp³-hybridized carbons (Fsp3) is 0.300. The number of anilines is 1. The Kier molecular flexibility index (Phi) is 4.91. The number of hydrogen-bond donors (Lipinski definition) is 2. The lowest BCUT2D eigenvalue weighted by atomic mass is 10.1. The monoisotopic (exact) mass is 413 g/mol. The average molecular weight is 413 g/mol. The first-order valence-corrected chi connectivity index (χ1v) is 10.0. The van der Waals surface area contributed by atoms with Crippen LogP contribution in [-0.2, 0) is 0 Å². The molecule has 0 bridgehead atoms. The molecule has 4 rings (SSSR count). The van der Waals surface area contributed by atoms with Gasteiger partial charge in [0.2, 0.25) is 0 Å². The number of thiophene rings is 1. The van der Waals surface area contributed by atoms with Crippen molar-refractivity contribution in [1.82, 2.24) is 20.4 Å². The Hall–Kier alpha value is -3.07. The molecule has 0 saturated carbocycles. The Morgan fingerprint density at radius 2 is 2.10 bits per heavy atom. The molecule has 7 nitrogen and oxygen atoms in total. The SMILES string of the molecule is Cc1nnc2sc(C(=O)N3CCC(NC(=O)c4cccc(F)c4)C3)c(N)c2c1C. The minimum Gasteiger partial charge on any atom is -0.397 e. The summed E-state index contributed by atoms with van der Waals surface area (Å²) >= 11 is 1.24. The number of nitrogens with one attached hydrogen (secondary N) is 1. The van der Waals surface area contributed by atoms with E-state index in [1.54, 1.807) is 11.0 Å². The number of nitrogens with zero attached hydrogens (tertiary/aromatic N) is 3. The highest BCUT2D eigenvalue weighted by atomic mass is 32.1. The maximum atomic E-state index is 13.3. The van der Waals surface area contributed by atoms with Crippen molar-refractivity contribution in [3.05, 3.63) is 51.8 Å². The third kappa shape index (κ3) is 3.53. The number of amides is 2. The van der Waals surface area contributed by atoms with Gasteiger partial charge in [-0.25, -0.2) is 4.39 Å². The van der Waals surface area contributed by atoms with E-state index in [-0.39, 0.29) is 23.4 Å². The Labute approximate surface area is 170 Å². The largest absolute Gasteiger partial charge is 0.397 e. The molecule has 1 fully saturated rings. The van der Waals surface area contributed by atoms with Crippen LogP contribution in [-0.4, -0.2) is 46.0 Å². The second-order valence-corrected chi connectivity index (χ2v) is 8.16. The van der Waals surface area contributed by atoms with E-state index in [0.717, 1.165) is 16.6 Å². The molecule has 9 heteroatoms. The Morgan fingerprint density at radius 3 is 2.86 bits per heavy atom. The van der Waals surface area contributed by atoms with Crippen LogP contribution in [0.5, 0.6) is 0 Å². The zero-order chi connectivity index (χ0) is 20.7. The number of fused-ring (bicyclic) bond motifs is 1. The van der Waals surface area contributed by atoms with Gasteiger partial charge in [-0.1, -0.05) is 6.07 Å². The van der Waals surface area contributed by atoms with Gasteiger partial charge in [-0.3, -0.25) is 9.59 Å². The highest BCUT2D eigenvalue weighted by Gasteiger charge is 2.31. The van der Waals surface area contributed by atoms with E-state index in [2.05, 4.69) is 15.5 Å². The number of carbonyl (C=O) groups excluding carboxylic acids is 2. The summed E-state index contributed by atoms with van der Waals surface area (Å²) in [5, 5.41) is 11.9. The van der Waals surface area contributed by atoms with E-state index in [4.69, 9.17) is 5.73 Å². The summed E-state index contributed by atoms with van der Waals surface area (Å²) in [5.74, 6) is -0.994. The predicted octanol–water partition coefficient (Wildman–Crippen LogP) is 2.67. The summed E-state index contributed by atoms with van der Waals surface area (Å²) < 4.78 is 13.3. The highest BCUT2D eigenvalue weighted by molar-refractivity contribution is 7.21. The fourth-order valence-electron chi connectivity index (χ4n) is 3.50. The summed E-state index contributed by atoms with van der Waals surface area (Å²) in [5.41, 5.74) is 8.66. The van der Waals surface area contributed by atoms with Crippen LogP contribution in [0.25, 0.3) is 10.2 Å². The molecule has 3 N–H and O–H groups in total. The van der Waals surface area contributed by atoms with Crippen molar-refractivity contribution >= 4 is 39.1 Å². The first kappa shape index (κ1) is 19.3. The van der Waals surface area contributed by atoms with Crippen LogP contribution in [0.15, 0.2) is 24.3 Å². The summed E-state index contributed by atoms with van der Waals surface area (Å²) in [6, 6.07) is 5.33. The van der Waals surface area contributed by atoms with E-state index in [1.165, 1.54) is 29.5 Å². The van der Waals surface area contributed by atoms with E-state index in [1.807, 2.05) is 13.8 Å². The topological polar surface area (TPSA) is 101 Å². The van der Waals surface area contributed by atoms with Gasteiger partial charge in [0.15, 0.2) is 0 Å². The molecule has 1 atom stereocenters. The number of hydrogen-bond acceptors (Lipinski definition) is 6. The molecule has 29 heavy (non-hydrogen) atoms. The zero-order valence-corrected chi connectivity index (χ0v) is 16.8. The molecule has 1 aromatic carbocycles. The van der Waals surface area contributed by atoms with Crippen LogP contribution in [0.2, 0.25) is 0 Å². The number of halogens is 1. The summed E-state index contributed by atoms with van der Waals surface area (Å²) in [6.45, 7) is 4.64. The maximum absolute atomic E-state index is 13.3. The van der Waals surface area contributed by atoms with E-state index in [0.29, 0.717) is 34.9 Å². The van der Waals surface area contributed by atoms with Gasteiger partial charge in [-0.15, -0.1) is 16.4 Å². The minimum atomic E-state index is -0.463. The summed E-state index contributed by atoms with van der Waals surface area (Å²) in [7, 11) is 0. The minimum absolute atomic E-state index is 0.176. The molecule has 150 valence electrons. The number of aromatic nitrogens is 2. The van der Waals surface area contributed by atoms with Crippen molar-refractivity contribution in [1.29, 1.82) is 0 Å². The average Bonchev–Trinajstić information content (AvgIpc) is 3.29. The number of rotatable bonds is 3. The lowest BCUT2D eigenvalue weighted by Crippen LogP contribution is -2.38.